The summed E-state index contributed by atoms with van der Waals surface area (Å²) in [5.74, 6) is 0.620. The van der Waals surface area contributed by atoms with Gasteiger partial charge in [-0.15, -0.1) is 0 Å². The van der Waals surface area contributed by atoms with Gasteiger partial charge in [-0.3, -0.25) is 4.79 Å². The van der Waals surface area contributed by atoms with Crippen molar-refractivity contribution >= 4 is 11.6 Å². The first kappa shape index (κ1) is 19.6. The second-order valence-corrected chi connectivity index (χ2v) is 6.73. The van der Waals surface area contributed by atoms with Gasteiger partial charge >= 0.3 is 0 Å². The van der Waals surface area contributed by atoms with Crippen molar-refractivity contribution in [2.24, 2.45) is 0 Å². The van der Waals surface area contributed by atoms with E-state index in [-0.39, 0.29) is 11.9 Å². The van der Waals surface area contributed by atoms with E-state index in [1.54, 1.807) is 0 Å². The van der Waals surface area contributed by atoms with E-state index in [0.717, 1.165) is 12.1 Å². The number of nitrogens with two attached hydrogens (primary N) is 1. The van der Waals surface area contributed by atoms with Crippen molar-refractivity contribution in [2.45, 2.75) is 26.4 Å². The molecule has 3 N–H and O–H groups in total. The van der Waals surface area contributed by atoms with E-state index in [0.29, 0.717) is 18.0 Å². The number of para-hydroxylation sites is 2. The maximum absolute atomic E-state index is 13.1. The van der Waals surface area contributed by atoms with Crippen LogP contribution < -0.4 is 15.4 Å². The van der Waals surface area contributed by atoms with Gasteiger partial charge in [0.05, 0.1) is 12.3 Å². The zero-order valence-electron chi connectivity index (χ0n) is 16.4. The van der Waals surface area contributed by atoms with Crippen LogP contribution in [0.2, 0.25) is 0 Å². The van der Waals surface area contributed by atoms with Crippen molar-refractivity contribution < 1.29 is 14.8 Å². The second kappa shape index (κ2) is 9.72. The Hall–Kier alpha value is -3.11. The number of quaternary nitrogens is 1. The monoisotopic (exact) mass is 375 g/mol. The summed E-state index contributed by atoms with van der Waals surface area (Å²) >= 11 is 0. The molecule has 1 atom stereocenters. The maximum atomic E-state index is 13.1. The van der Waals surface area contributed by atoms with E-state index >= 15 is 0 Å². The Bertz CT molecular complexity index is 892. The summed E-state index contributed by atoms with van der Waals surface area (Å²) in [5.41, 5.74) is 4.09. The van der Waals surface area contributed by atoms with Crippen LogP contribution in [0.4, 0.5) is 5.69 Å². The molecular formula is C24H27N2O2+. The van der Waals surface area contributed by atoms with Gasteiger partial charge < -0.3 is 15.4 Å². The van der Waals surface area contributed by atoms with Crippen LogP contribution in [0.25, 0.3) is 0 Å². The quantitative estimate of drug-likeness (QED) is 0.629. The smallest absolute Gasteiger partial charge is 0.287 e. The summed E-state index contributed by atoms with van der Waals surface area (Å²) in [6.07, 6.45) is 0. The number of carbonyl (C=O) groups is 1. The molecule has 0 saturated heterocycles. The summed E-state index contributed by atoms with van der Waals surface area (Å²) in [4.78, 5) is 13.1. The Labute approximate surface area is 166 Å². The highest BCUT2D eigenvalue weighted by Crippen LogP contribution is 2.24. The van der Waals surface area contributed by atoms with Crippen LogP contribution in [-0.4, -0.2) is 12.5 Å². The molecule has 3 rings (SSSR count). The molecule has 1 amide bonds. The molecule has 0 radical (unpaired) electrons. The third kappa shape index (κ3) is 5.21. The molecule has 0 aliphatic heterocycles. The number of nitrogens with one attached hydrogen (secondary N) is 1. The molecule has 144 valence electrons. The number of benzene rings is 3. The van der Waals surface area contributed by atoms with Crippen molar-refractivity contribution in [2.75, 3.05) is 11.9 Å². The molecule has 0 bridgehead atoms. The summed E-state index contributed by atoms with van der Waals surface area (Å²) in [6, 6.07) is 25.5. The predicted molar refractivity (Wildman–Crippen MR) is 112 cm³/mol. The fourth-order valence-electron chi connectivity index (χ4n) is 3.09. The van der Waals surface area contributed by atoms with Crippen LogP contribution in [0.5, 0.6) is 5.75 Å². The van der Waals surface area contributed by atoms with Crippen molar-refractivity contribution in [3.63, 3.8) is 0 Å². The van der Waals surface area contributed by atoms with Crippen LogP contribution in [0, 0.1) is 6.92 Å². The lowest BCUT2D eigenvalue weighted by Crippen LogP contribution is -2.85. The van der Waals surface area contributed by atoms with Gasteiger partial charge in [0, 0.05) is 11.1 Å². The number of rotatable bonds is 8. The van der Waals surface area contributed by atoms with Crippen LogP contribution in [0.1, 0.15) is 29.7 Å². The molecule has 0 heterocycles. The largest absolute Gasteiger partial charge is 0.492 e. The van der Waals surface area contributed by atoms with E-state index in [1.807, 2.05) is 61.5 Å². The lowest BCUT2D eigenvalue weighted by molar-refractivity contribution is -0.697. The summed E-state index contributed by atoms with van der Waals surface area (Å²) < 4.78 is 5.64. The highest BCUT2D eigenvalue weighted by Gasteiger charge is 2.25. The summed E-state index contributed by atoms with van der Waals surface area (Å²) in [6.45, 7) is 5.28. The molecule has 0 fully saturated rings. The average Bonchev–Trinajstić information content (AvgIpc) is 2.72. The minimum atomic E-state index is -0.350. The highest BCUT2D eigenvalue weighted by molar-refractivity contribution is 5.95. The Kier molecular flexibility index (Phi) is 6.82. The molecule has 3 aromatic rings. The van der Waals surface area contributed by atoms with Gasteiger partial charge in [-0.25, -0.2) is 0 Å². The molecule has 0 saturated carbocycles. The van der Waals surface area contributed by atoms with Crippen LogP contribution >= 0.6 is 0 Å². The average molecular weight is 375 g/mol. The lowest BCUT2D eigenvalue weighted by atomic mass is 10.0. The normalized spacial score (nSPS) is 11.6. The van der Waals surface area contributed by atoms with Crippen LogP contribution in [-0.2, 0) is 11.3 Å². The number of carbonyl (C=O) groups excluding carboxylic acids is 1. The van der Waals surface area contributed by atoms with Gasteiger partial charge in [0.1, 0.15) is 12.3 Å². The van der Waals surface area contributed by atoms with Gasteiger partial charge in [-0.05, 0) is 26.0 Å². The van der Waals surface area contributed by atoms with Gasteiger partial charge in [-0.2, -0.15) is 0 Å². The minimum Gasteiger partial charge on any atom is -0.492 e. The first-order chi connectivity index (χ1) is 13.7. The van der Waals surface area contributed by atoms with E-state index in [4.69, 9.17) is 4.74 Å². The molecular weight excluding hydrogens is 348 g/mol. The minimum absolute atomic E-state index is 0.0644. The maximum Gasteiger partial charge on any atom is 0.287 e. The Morgan fingerprint density at radius 1 is 0.964 bits per heavy atom. The van der Waals surface area contributed by atoms with Crippen molar-refractivity contribution in [3.8, 4) is 5.75 Å². The molecule has 4 heteroatoms. The van der Waals surface area contributed by atoms with Crippen LogP contribution in [0.3, 0.4) is 0 Å². The molecule has 28 heavy (non-hydrogen) atoms. The van der Waals surface area contributed by atoms with Gasteiger partial charge in [0.25, 0.3) is 5.91 Å². The fourth-order valence-corrected chi connectivity index (χ4v) is 3.09. The third-order valence-electron chi connectivity index (χ3n) is 4.60. The van der Waals surface area contributed by atoms with E-state index < -0.39 is 0 Å². The molecule has 4 nitrogen and oxygen atoms in total. The highest BCUT2D eigenvalue weighted by atomic mass is 16.5. The van der Waals surface area contributed by atoms with Crippen molar-refractivity contribution in [1.82, 2.24) is 0 Å². The van der Waals surface area contributed by atoms with Gasteiger partial charge in [0.2, 0.25) is 0 Å². The topological polar surface area (TPSA) is 54.9 Å². The van der Waals surface area contributed by atoms with E-state index in [9.17, 15) is 4.79 Å². The Balaban J connectivity index is 1.78. The molecule has 0 aliphatic carbocycles. The second-order valence-electron chi connectivity index (χ2n) is 6.73. The first-order valence-corrected chi connectivity index (χ1v) is 9.64. The van der Waals surface area contributed by atoms with E-state index in [2.05, 4.69) is 41.8 Å². The third-order valence-corrected chi connectivity index (χ3v) is 4.60. The van der Waals surface area contributed by atoms with E-state index in [1.165, 1.54) is 11.1 Å². The first-order valence-electron chi connectivity index (χ1n) is 9.64. The van der Waals surface area contributed by atoms with Crippen molar-refractivity contribution in [1.29, 1.82) is 0 Å². The number of hydrogen-bond acceptors (Lipinski definition) is 2. The Morgan fingerprint density at radius 3 is 2.36 bits per heavy atom. The molecule has 0 aromatic heterocycles. The summed E-state index contributed by atoms with van der Waals surface area (Å²) in [5, 5.41) is 5.11. The number of hydrogen-bond donors (Lipinski definition) is 2. The fraction of sp³-hybridized carbons (Fsp3) is 0.208. The number of aryl methyl sites for hydroxylation is 1. The number of amides is 1. The lowest BCUT2D eigenvalue weighted by Gasteiger charge is -2.17. The molecule has 0 unspecified atom stereocenters. The zero-order chi connectivity index (χ0) is 19.8. The van der Waals surface area contributed by atoms with Gasteiger partial charge in [0.15, 0.2) is 6.04 Å². The molecule has 3 aromatic carbocycles. The van der Waals surface area contributed by atoms with Crippen LogP contribution in [0.15, 0.2) is 78.9 Å². The van der Waals surface area contributed by atoms with Gasteiger partial charge in [-0.1, -0.05) is 72.3 Å². The number of ether oxygens (including phenoxy) is 1. The molecule has 0 aliphatic rings. The SMILES string of the molecule is CCOc1ccccc1NC(=O)[C@H]([NH2+]Cc1ccc(C)cc1)c1ccccc1. The molecule has 0 spiro atoms. The predicted octanol–water partition coefficient (Wildman–Crippen LogP) is 3.84. The zero-order valence-corrected chi connectivity index (χ0v) is 16.4. The Morgan fingerprint density at radius 2 is 1.64 bits per heavy atom. The summed E-state index contributed by atoms with van der Waals surface area (Å²) in [7, 11) is 0. The number of anilines is 1. The standard InChI is InChI=1S/C24H26N2O2/c1-3-28-22-12-8-7-11-21(22)26-24(27)23(20-9-5-4-6-10-20)25-17-19-15-13-18(2)14-16-19/h4-16,23,25H,3,17H2,1-2H3,(H,26,27)/p+1/t23-/m1/s1. The van der Waals surface area contributed by atoms with Crippen molar-refractivity contribution in [3.05, 3.63) is 95.6 Å².